The first-order valence-corrected chi connectivity index (χ1v) is 10.4. The average molecular weight is 476 g/mol. The van der Waals surface area contributed by atoms with Gasteiger partial charge in [-0.3, -0.25) is 5.43 Å². The lowest BCUT2D eigenvalue weighted by molar-refractivity contribution is 0.324. The second-order valence-corrected chi connectivity index (χ2v) is 7.85. The van der Waals surface area contributed by atoms with E-state index in [0.29, 0.717) is 28.8 Å². The van der Waals surface area contributed by atoms with Gasteiger partial charge in [-0.2, -0.15) is 0 Å². The SMILES string of the molecule is COc1cc(-c2nnc3n2NC(=Nc2ccc(Br)cc2)CS3)cc(OC)c1OC. The minimum Gasteiger partial charge on any atom is -0.493 e. The highest BCUT2D eigenvalue weighted by atomic mass is 79.9. The smallest absolute Gasteiger partial charge is 0.211 e. The van der Waals surface area contributed by atoms with E-state index < -0.39 is 0 Å². The van der Waals surface area contributed by atoms with Gasteiger partial charge in [0, 0.05) is 10.0 Å². The van der Waals surface area contributed by atoms with E-state index in [1.54, 1.807) is 33.1 Å². The Kier molecular flexibility index (Phi) is 5.63. The second-order valence-electron chi connectivity index (χ2n) is 5.99. The van der Waals surface area contributed by atoms with E-state index in [9.17, 15) is 0 Å². The van der Waals surface area contributed by atoms with Crippen molar-refractivity contribution in [2.24, 2.45) is 4.99 Å². The summed E-state index contributed by atoms with van der Waals surface area (Å²) in [6.45, 7) is 0. The molecule has 0 aliphatic carbocycles. The normalized spacial score (nSPS) is 14.3. The van der Waals surface area contributed by atoms with E-state index in [1.807, 2.05) is 41.1 Å². The molecule has 0 radical (unpaired) electrons. The molecule has 150 valence electrons. The molecule has 29 heavy (non-hydrogen) atoms. The zero-order valence-electron chi connectivity index (χ0n) is 16.0. The first-order chi connectivity index (χ1) is 14.1. The molecule has 1 aliphatic rings. The van der Waals surface area contributed by atoms with Crippen LogP contribution in [0.5, 0.6) is 17.2 Å². The fraction of sp³-hybridized carbons (Fsp3) is 0.211. The predicted molar refractivity (Wildman–Crippen MR) is 116 cm³/mol. The average Bonchev–Trinajstić information content (AvgIpc) is 3.17. The Morgan fingerprint density at radius 3 is 2.34 bits per heavy atom. The molecule has 0 spiro atoms. The number of thioether (sulfide) groups is 1. The van der Waals surface area contributed by atoms with E-state index in [-0.39, 0.29) is 0 Å². The summed E-state index contributed by atoms with van der Waals surface area (Å²) in [6.07, 6.45) is 0. The standard InChI is InChI=1S/C19H18BrN5O3S/c1-26-14-8-11(9-15(27-2)17(14)28-3)18-22-23-19-25(18)24-16(10-29-19)21-13-6-4-12(20)5-7-13/h4-9H,10H2,1-3H3,(H,21,24). The molecule has 0 atom stereocenters. The maximum absolute atomic E-state index is 5.46. The number of fused-ring (bicyclic) bond motifs is 1. The van der Waals surface area contributed by atoms with Crippen LogP contribution in [0, 0.1) is 0 Å². The van der Waals surface area contributed by atoms with E-state index in [4.69, 9.17) is 14.2 Å². The zero-order valence-corrected chi connectivity index (χ0v) is 18.4. The molecular formula is C19H18BrN5O3S. The van der Waals surface area contributed by atoms with Crippen LogP contribution in [0.3, 0.4) is 0 Å². The summed E-state index contributed by atoms with van der Waals surface area (Å²) in [4.78, 5) is 4.69. The monoisotopic (exact) mass is 475 g/mol. The van der Waals surface area contributed by atoms with Crippen molar-refractivity contribution in [3.63, 3.8) is 0 Å². The Labute approximate surface area is 180 Å². The lowest BCUT2D eigenvalue weighted by atomic mass is 10.1. The molecule has 10 heteroatoms. The zero-order chi connectivity index (χ0) is 20.4. The molecular weight excluding hydrogens is 458 g/mol. The molecule has 0 bridgehead atoms. The predicted octanol–water partition coefficient (Wildman–Crippen LogP) is 4.11. The number of benzene rings is 2. The van der Waals surface area contributed by atoms with Gasteiger partial charge in [-0.05, 0) is 36.4 Å². The summed E-state index contributed by atoms with van der Waals surface area (Å²) in [6, 6.07) is 11.5. The molecule has 2 heterocycles. The van der Waals surface area contributed by atoms with Gasteiger partial charge < -0.3 is 14.2 Å². The van der Waals surface area contributed by atoms with Crippen LogP contribution < -0.4 is 19.6 Å². The highest BCUT2D eigenvalue weighted by Crippen LogP contribution is 2.41. The van der Waals surface area contributed by atoms with Crippen molar-refractivity contribution in [3.8, 4) is 28.6 Å². The van der Waals surface area contributed by atoms with Crippen LogP contribution in [0.25, 0.3) is 11.4 Å². The lowest BCUT2D eigenvalue weighted by Gasteiger charge is -2.19. The van der Waals surface area contributed by atoms with Gasteiger partial charge in [0.2, 0.25) is 10.9 Å². The number of rotatable bonds is 5. The molecule has 2 aromatic carbocycles. The number of nitrogens with zero attached hydrogens (tertiary/aromatic N) is 4. The van der Waals surface area contributed by atoms with Gasteiger partial charge in [-0.1, -0.05) is 27.7 Å². The van der Waals surface area contributed by atoms with E-state index in [0.717, 1.165) is 26.7 Å². The molecule has 0 fully saturated rings. The molecule has 3 aromatic rings. The van der Waals surface area contributed by atoms with Crippen molar-refractivity contribution in [2.75, 3.05) is 32.5 Å². The molecule has 0 unspecified atom stereocenters. The fourth-order valence-corrected chi connectivity index (χ4v) is 3.90. The molecule has 1 N–H and O–H groups in total. The maximum Gasteiger partial charge on any atom is 0.211 e. The minimum atomic E-state index is 0.525. The molecule has 0 saturated heterocycles. The van der Waals surface area contributed by atoms with Crippen LogP contribution in [0.1, 0.15) is 0 Å². The summed E-state index contributed by atoms with van der Waals surface area (Å²) in [7, 11) is 4.73. The Morgan fingerprint density at radius 1 is 1.03 bits per heavy atom. The molecule has 8 nitrogen and oxygen atoms in total. The van der Waals surface area contributed by atoms with Crippen LogP contribution in [0.15, 0.2) is 51.0 Å². The third-order valence-electron chi connectivity index (χ3n) is 4.23. The Hall–Kier alpha value is -2.72. The molecule has 0 saturated carbocycles. The number of ether oxygens (including phenoxy) is 3. The third-order valence-corrected chi connectivity index (χ3v) is 5.69. The van der Waals surface area contributed by atoms with Crippen LogP contribution in [-0.4, -0.2) is 47.8 Å². The number of aliphatic imine (C=N–C) groups is 1. The first-order valence-electron chi connectivity index (χ1n) is 8.61. The number of aromatic nitrogens is 3. The minimum absolute atomic E-state index is 0.525. The molecule has 1 aromatic heterocycles. The van der Waals surface area contributed by atoms with Gasteiger partial charge in [0.1, 0.15) is 5.84 Å². The van der Waals surface area contributed by atoms with Crippen LogP contribution in [0.2, 0.25) is 0 Å². The second kappa shape index (κ2) is 8.34. The number of hydrogen-bond donors (Lipinski definition) is 1. The van der Waals surface area contributed by atoms with Crippen molar-refractivity contribution < 1.29 is 14.2 Å². The molecule has 1 aliphatic heterocycles. The topological polar surface area (TPSA) is 82.8 Å². The largest absolute Gasteiger partial charge is 0.493 e. The van der Waals surface area contributed by atoms with Crippen molar-refractivity contribution in [2.45, 2.75) is 5.16 Å². The lowest BCUT2D eigenvalue weighted by Crippen LogP contribution is -2.30. The van der Waals surface area contributed by atoms with Crippen molar-refractivity contribution in [1.82, 2.24) is 14.9 Å². The van der Waals surface area contributed by atoms with Crippen LogP contribution in [-0.2, 0) is 0 Å². The summed E-state index contributed by atoms with van der Waals surface area (Å²) >= 11 is 5.00. The van der Waals surface area contributed by atoms with Gasteiger partial charge in [0.15, 0.2) is 17.3 Å². The number of methoxy groups -OCH3 is 3. The van der Waals surface area contributed by atoms with E-state index in [1.165, 1.54) is 0 Å². The van der Waals surface area contributed by atoms with Gasteiger partial charge in [-0.15, -0.1) is 10.2 Å². The first kappa shape index (κ1) is 19.6. The summed E-state index contributed by atoms with van der Waals surface area (Å²) in [5.41, 5.74) is 4.94. The van der Waals surface area contributed by atoms with Crippen LogP contribution in [0.4, 0.5) is 5.69 Å². The summed E-state index contributed by atoms with van der Waals surface area (Å²) in [5.74, 6) is 3.71. The van der Waals surface area contributed by atoms with Crippen molar-refractivity contribution in [3.05, 3.63) is 40.9 Å². The van der Waals surface area contributed by atoms with E-state index in [2.05, 4.69) is 36.5 Å². The maximum atomic E-state index is 5.46. The van der Waals surface area contributed by atoms with Gasteiger partial charge in [0.05, 0.1) is 32.8 Å². The summed E-state index contributed by atoms with van der Waals surface area (Å²) in [5, 5.41) is 9.38. The van der Waals surface area contributed by atoms with Gasteiger partial charge in [-0.25, -0.2) is 9.67 Å². The fourth-order valence-electron chi connectivity index (χ4n) is 2.88. The quantitative estimate of drug-likeness (QED) is 0.594. The molecule has 0 amide bonds. The highest BCUT2D eigenvalue weighted by Gasteiger charge is 2.23. The Bertz CT molecular complexity index is 1040. The number of amidine groups is 1. The van der Waals surface area contributed by atoms with Crippen molar-refractivity contribution in [1.29, 1.82) is 0 Å². The highest BCUT2D eigenvalue weighted by molar-refractivity contribution is 9.10. The van der Waals surface area contributed by atoms with Crippen LogP contribution >= 0.6 is 27.7 Å². The van der Waals surface area contributed by atoms with Crippen molar-refractivity contribution >= 4 is 39.2 Å². The van der Waals surface area contributed by atoms with Gasteiger partial charge in [0.25, 0.3) is 0 Å². The van der Waals surface area contributed by atoms with Gasteiger partial charge >= 0.3 is 0 Å². The summed E-state index contributed by atoms with van der Waals surface area (Å²) < 4.78 is 19.1. The number of halogens is 1. The number of hydrogen-bond acceptors (Lipinski definition) is 7. The third kappa shape index (κ3) is 3.90. The molecule has 4 rings (SSSR count). The van der Waals surface area contributed by atoms with E-state index >= 15 is 0 Å². The number of nitrogens with one attached hydrogen (secondary N) is 1. The Morgan fingerprint density at radius 2 is 1.72 bits per heavy atom. The Balaban J connectivity index is 1.71.